The molecule has 1 heterocycles. The third-order valence-electron chi connectivity index (χ3n) is 2.61. The highest BCUT2D eigenvalue weighted by molar-refractivity contribution is 5.93. The Morgan fingerprint density at radius 3 is 2.72 bits per heavy atom. The van der Waals surface area contributed by atoms with Gasteiger partial charge in [0.2, 0.25) is 0 Å². The molecule has 2 rings (SSSR count). The fraction of sp³-hybridized carbons (Fsp3) is 0.0714. The summed E-state index contributed by atoms with van der Waals surface area (Å²) in [6.07, 6.45) is 5.16. The second kappa shape index (κ2) is 4.79. The molecule has 1 aromatic carbocycles. The summed E-state index contributed by atoms with van der Waals surface area (Å²) in [5.41, 5.74) is 0.464. The molecule has 0 fully saturated rings. The highest BCUT2D eigenvalue weighted by atomic mass is 16.4. The van der Waals surface area contributed by atoms with Crippen LogP contribution in [-0.4, -0.2) is 0 Å². The summed E-state index contributed by atoms with van der Waals surface area (Å²) in [5, 5.41) is 3.86. The molecule has 0 spiro atoms. The van der Waals surface area contributed by atoms with E-state index in [0.29, 0.717) is 16.5 Å². The Bertz CT molecular complexity index is 711. The molecule has 2 aromatic rings. The molecule has 0 bridgehead atoms. The van der Waals surface area contributed by atoms with Crippen LogP contribution in [-0.2, 0) is 0 Å². The van der Waals surface area contributed by atoms with Gasteiger partial charge in [0.15, 0.2) is 0 Å². The highest BCUT2D eigenvalue weighted by Gasteiger charge is 2.10. The van der Waals surface area contributed by atoms with E-state index in [4.69, 9.17) is 4.42 Å². The number of nitroso groups, excluding NO2 is 1. The number of benzene rings is 1. The fourth-order valence-corrected chi connectivity index (χ4v) is 1.83. The van der Waals surface area contributed by atoms with E-state index in [1.165, 1.54) is 12.1 Å². The summed E-state index contributed by atoms with van der Waals surface area (Å²) < 4.78 is 5.15. The molecule has 0 radical (unpaired) electrons. The van der Waals surface area contributed by atoms with Crippen molar-refractivity contribution < 1.29 is 4.42 Å². The molecule has 4 heteroatoms. The summed E-state index contributed by atoms with van der Waals surface area (Å²) in [6, 6.07) is 4.67. The van der Waals surface area contributed by atoms with E-state index in [-0.39, 0.29) is 5.69 Å². The molecule has 0 N–H and O–H groups in total. The molecule has 18 heavy (non-hydrogen) atoms. The van der Waals surface area contributed by atoms with Crippen LogP contribution >= 0.6 is 0 Å². The lowest BCUT2D eigenvalue weighted by Gasteiger charge is -2.05. The van der Waals surface area contributed by atoms with Crippen molar-refractivity contribution in [3.8, 4) is 0 Å². The molecule has 0 aliphatic rings. The molecule has 0 saturated carbocycles. The molecular weight excluding hydrogens is 230 g/mol. The molecule has 90 valence electrons. The summed E-state index contributed by atoms with van der Waals surface area (Å²) in [7, 11) is 0. The van der Waals surface area contributed by atoms with Crippen molar-refractivity contribution in [1.82, 2.24) is 0 Å². The van der Waals surface area contributed by atoms with Crippen molar-refractivity contribution in [2.24, 2.45) is 5.18 Å². The predicted octanol–water partition coefficient (Wildman–Crippen LogP) is 3.87. The van der Waals surface area contributed by atoms with Crippen molar-refractivity contribution >= 4 is 28.6 Å². The monoisotopic (exact) mass is 241 g/mol. The average Bonchev–Trinajstić information content (AvgIpc) is 2.41. The van der Waals surface area contributed by atoms with Crippen molar-refractivity contribution in [3.05, 3.63) is 57.5 Å². The SMILES string of the molecule is C=Cc1oc(=O)c2cc(N=O)ccc2c1/C=C\C. The zero-order valence-corrected chi connectivity index (χ0v) is 9.84. The van der Waals surface area contributed by atoms with E-state index in [9.17, 15) is 9.70 Å². The van der Waals surface area contributed by atoms with Crippen LogP contribution in [0.15, 0.2) is 45.2 Å². The Morgan fingerprint density at radius 2 is 2.11 bits per heavy atom. The van der Waals surface area contributed by atoms with Crippen LogP contribution < -0.4 is 5.63 Å². The zero-order valence-electron chi connectivity index (χ0n) is 9.84. The normalized spacial score (nSPS) is 10.9. The molecule has 1 aromatic heterocycles. The lowest BCUT2D eigenvalue weighted by Crippen LogP contribution is -2.02. The largest absolute Gasteiger partial charge is 0.422 e. The predicted molar refractivity (Wildman–Crippen MR) is 72.7 cm³/mol. The number of hydrogen-bond acceptors (Lipinski definition) is 4. The van der Waals surface area contributed by atoms with E-state index in [1.54, 1.807) is 12.1 Å². The number of hydrogen-bond donors (Lipinski definition) is 0. The van der Waals surface area contributed by atoms with Gasteiger partial charge in [0, 0.05) is 10.9 Å². The summed E-state index contributed by atoms with van der Waals surface area (Å²) in [6.45, 7) is 5.49. The van der Waals surface area contributed by atoms with Crippen LogP contribution in [0.4, 0.5) is 5.69 Å². The Labute approximate surface area is 103 Å². The number of rotatable bonds is 3. The molecule has 0 aliphatic heterocycles. The Morgan fingerprint density at radius 1 is 1.33 bits per heavy atom. The summed E-state index contributed by atoms with van der Waals surface area (Å²) in [4.78, 5) is 22.3. The first-order chi connectivity index (χ1) is 8.71. The fourth-order valence-electron chi connectivity index (χ4n) is 1.83. The molecule has 4 nitrogen and oxygen atoms in total. The molecule has 0 saturated heterocycles. The molecule has 0 atom stereocenters. The molecule has 0 amide bonds. The van der Waals surface area contributed by atoms with E-state index in [1.807, 2.05) is 19.1 Å². The van der Waals surface area contributed by atoms with Gasteiger partial charge in [-0.3, -0.25) is 0 Å². The smallest absolute Gasteiger partial charge is 0.344 e. The van der Waals surface area contributed by atoms with E-state index < -0.39 is 5.63 Å². The highest BCUT2D eigenvalue weighted by Crippen LogP contribution is 2.25. The first kappa shape index (κ1) is 12.0. The first-order valence-corrected chi connectivity index (χ1v) is 5.40. The zero-order chi connectivity index (χ0) is 13.1. The van der Waals surface area contributed by atoms with Crippen LogP contribution in [0.1, 0.15) is 18.2 Å². The minimum absolute atomic E-state index is 0.201. The van der Waals surface area contributed by atoms with Crippen molar-refractivity contribution in [2.75, 3.05) is 0 Å². The number of nitrogens with zero attached hydrogens (tertiary/aromatic N) is 1. The number of allylic oxidation sites excluding steroid dienone is 1. The van der Waals surface area contributed by atoms with Crippen LogP contribution in [0.2, 0.25) is 0 Å². The average molecular weight is 241 g/mol. The van der Waals surface area contributed by atoms with Gasteiger partial charge >= 0.3 is 5.63 Å². The van der Waals surface area contributed by atoms with Gasteiger partial charge in [-0.15, -0.1) is 4.91 Å². The Balaban J connectivity index is 2.95. The van der Waals surface area contributed by atoms with Crippen LogP contribution in [0.5, 0.6) is 0 Å². The van der Waals surface area contributed by atoms with Gasteiger partial charge in [-0.05, 0) is 30.3 Å². The van der Waals surface area contributed by atoms with Crippen LogP contribution in [0.25, 0.3) is 22.9 Å². The van der Waals surface area contributed by atoms with Gasteiger partial charge in [-0.1, -0.05) is 24.8 Å². The first-order valence-electron chi connectivity index (χ1n) is 5.40. The van der Waals surface area contributed by atoms with Crippen molar-refractivity contribution in [3.63, 3.8) is 0 Å². The third-order valence-corrected chi connectivity index (χ3v) is 2.61. The maximum atomic E-state index is 11.8. The van der Waals surface area contributed by atoms with Gasteiger partial charge in [0.05, 0.1) is 5.39 Å². The van der Waals surface area contributed by atoms with Crippen LogP contribution in [0.3, 0.4) is 0 Å². The van der Waals surface area contributed by atoms with Gasteiger partial charge < -0.3 is 4.42 Å². The minimum Gasteiger partial charge on any atom is -0.422 e. The van der Waals surface area contributed by atoms with Gasteiger partial charge in [-0.25, -0.2) is 4.79 Å². The lowest BCUT2D eigenvalue weighted by molar-refractivity contribution is 0.509. The van der Waals surface area contributed by atoms with Gasteiger partial charge in [0.25, 0.3) is 0 Å². The maximum absolute atomic E-state index is 11.8. The standard InChI is InChI=1S/C14H11NO3/c1-3-5-11-10-7-6-9(15-17)8-12(10)14(16)18-13(11)4-2/h3-8H,2H2,1H3/b5-3-. The van der Waals surface area contributed by atoms with E-state index in [2.05, 4.69) is 11.8 Å². The quantitative estimate of drug-likeness (QED) is 0.766. The summed E-state index contributed by atoms with van der Waals surface area (Å²) in [5.74, 6) is 0.414. The second-order valence-electron chi connectivity index (χ2n) is 3.69. The van der Waals surface area contributed by atoms with Crippen LogP contribution in [0, 0.1) is 4.91 Å². The van der Waals surface area contributed by atoms with Crippen molar-refractivity contribution in [1.29, 1.82) is 0 Å². The topological polar surface area (TPSA) is 59.6 Å². The van der Waals surface area contributed by atoms with Crippen molar-refractivity contribution in [2.45, 2.75) is 6.92 Å². The molecule has 0 unspecified atom stereocenters. The minimum atomic E-state index is -0.501. The molecular formula is C14H11NO3. The Hall–Kier alpha value is -2.49. The maximum Gasteiger partial charge on any atom is 0.344 e. The second-order valence-corrected chi connectivity index (χ2v) is 3.69. The lowest BCUT2D eigenvalue weighted by atomic mass is 10.0. The molecule has 0 aliphatic carbocycles. The van der Waals surface area contributed by atoms with E-state index in [0.717, 1.165) is 5.56 Å². The Kier molecular flexibility index (Phi) is 3.19. The third kappa shape index (κ3) is 1.88. The number of fused-ring (bicyclic) bond motifs is 1. The van der Waals surface area contributed by atoms with Gasteiger partial charge in [-0.2, -0.15) is 0 Å². The van der Waals surface area contributed by atoms with Gasteiger partial charge in [0.1, 0.15) is 11.4 Å². The summed E-state index contributed by atoms with van der Waals surface area (Å²) >= 11 is 0. The van der Waals surface area contributed by atoms with E-state index >= 15 is 0 Å².